The van der Waals surface area contributed by atoms with E-state index in [1.54, 1.807) is 30.5 Å². The minimum Gasteiger partial charge on any atom is -0.493 e. The summed E-state index contributed by atoms with van der Waals surface area (Å²) < 4.78 is 34.5. The molecular formula is C18H24F2N4O2S. The molecule has 0 radical (unpaired) electrons. The molecule has 0 atom stereocenters. The second-order valence-corrected chi connectivity index (χ2v) is 6.71. The number of hydrogen-bond acceptors (Lipinski definition) is 5. The van der Waals surface area contributed by atoms with E-state index < -0.39 is 6.61 Å². The first-order chi connectivity index (χ1) is 13.0. The Balaban J connectivity index is 1.79. The highest BCUT2D eigenvalue weighted by atomic mass is 32.1. The van der Waals surface area contributed by atoms with E-state index in [2.05, 4.69) is 30.7 Å². The Bertz CT molecular complexity index is 753. The zero-order valence-corrected chi connectivity index (χ0v) is 16.4. The van der Waals surface area contributed by atoms with Crippen LogP contribution in [0.5, 0.6) is 11.5 Å². The maximum atomic E-state index is 12.5. The summed E-state index contributed by atoms with van der Waals surface area (Å²) in [5, 5.41) is 9.54. The molecule has 1 heterocycles. The molecule has 2 rings (SSSR count). The molecule has 0 fully saturated rings. The third-order valence-electron chi connectivity index (χ3n) is 3.71. The molecule has 148 valence electrons. The molecule has 27 heavy (non-hydrogen) atoms. The Hall–Kier alpha value is -2.42. The van der Waals surface area contributed by atoms with Crippen LogP contribution in [-0.4, -0.2) is 44.8 Å². The largest absolute Gasteiger partial charge is 0.493 e. The van der Waals surface area contributed by atoms with E-state index in [0.29, 0.717) is 18.9 Å². The number of nitrogens with zero attached hydrogens (tertiary/aromatic N) is 2. The molecule has 1 aromatic carbocycles. The van der Waals surface area contributed by atoms with E-state index in [0.717, 1.165) is 29.2 Å². The molecule has 0 unspecified atom stereocenters. The van der Waals surface area contributed by atoms with Crippen molar-refractivity contribution in [2.24, 2.45) is 4.99 Å². The lowest BCUT2D eigenvalue weighted by atomic mass is 10.1. The highest BCUT2D eigenvalue weighted by Crippen LogP contribution is 2.29. The summed E-state index contributed by atoms with van der Waals surface area (Å²) in [6.07, 6.45) is 1.44. The van der Waals surface area contributed by atoms with Crippen LogP contribution in [0.3, 0.4) is 0 Å². The predicted molar refractivity (Wildman–Crippen MR) is 103 cm³/mol. The van der Waals surface area contributed by atoms with Crippen LogP contribution in [0.25, 0.3) is 0 Å². The zero-order valence-electron chi connectivity index (χ0n) is 15.6. The third-order valence-corrected chi connectivity index (χ3v) is 4.54. The lowest BCUT2D eigenvalue weighted by Gasteiger charge is -2.13. The zero-order chi connectivity index (χ0) is 19.6. The fourth-order valence-corrected chi connectivity index (χ4v) is 3.09. The molecule has 0 saturated carbocycles. The van der Waals surface area contributed by atoms with Crippen LogP contribution in [0.15, 0.2) is 28.6 Å². The standard InChI is InChI=1S/C18H24F2N4O2S/c1-12-24-14(11-27-12)7-9-23-18(21-2)22-8-6-13-4-5-15(25-3)16(10-13)26-17(19)20/h4-5,10-11,17H,6-9H2,1-3H3,(H2,21,22,23). The van der Waals surface area contributed by atoms with Gasteiger partial charge in [-0.25, -0.2) is 4.98 Å². The number of guanidine groups is 1. The highest BCUT2D eigenvalue weighted by molar-refractivity contribution is 7.09. The normalized spacial score (nSPS) is 11.6. The van der Waals surface area contributed by atoms with E-state index in [1.165, 1.54) is 7.11 Å². The number of aryl methyl sites for hydroxylation is 1. The topological polar surface area (TPSA) is 67.8 Å². The number of rotatable bonds is 9. The molecule has 0 spiro atoms. The number of halogens is 2. The molecule has 0 aliphatic heterocycles. The Morgan fingerprint density at radius 3 is 2.56 bits per heavy atom. The van der Waals surface area contributed by atoms with Gasteiger partial charge in [-0.15, -0.1) is 11.3 Å². The molecule has 0 amide bonds. The van der Waals surface area contributed by atoms with Gasteiger partial charge in [-0.2, -0.15) is 8.78 Å². The quantitative estimate of drug-likeness (QED) is 0.502. The maximum absolute atomic E-state index is 12.5. The van der Waals surface area contributed by atoms with Gasteiger partial charge in [0.05, 0.1) is 17.8 Å². The van der Waals surface area contributed by atoms with Gasteiger partial charge < -0.3 is 20.1 Å². The number of ether oxygens (including phenoxy) is 2. The molecule has 9 heteroatoms. The van der Waals surface area contributed by atoms with E-state index in [9.17, 15) is 8.78 Å². The van der Waals surface area contributed by atoms with Gasteiger partial charge in [0.15, 0.2) is 17.5 Å². The number of methoxy groups -OCH3 is 1. The summed E-state index contributed by atoms with van der Waals surface area (Å²) >= 11 is 1.64. The van der Waals surface area contributed by atoms with Gasteiger partial charge in [0.2, 0.25) is 0 Å². The van der Waals surface area contributed by atoms with Crippen molar-refractivity contribution in [1.29, 1.82) is 0 Å². The summed E-state index contributed by atoms with van der Waals surface area (Å²) in [5.74, 6) is 0.993. The van der Waals surface area contributed by atoms with Crippen LogP contribution in [0.1, 0.15) is 16.3 Å². The van der Waals surface area contributed by atoms with Crippen LogP contribution >= 0.6 is 11.3 Å². The summed E-state index contributed by atoms with van der Waals surface area (Å²) in [7, 11) is 3.11. The number of benzene rings is 1. The van der Waals surface area contributed by atoms with Crippen molar-refractivity contribution < 1.29 is 18.3 Å². The van der Waals surface area contributed by atoms with Crippen molar-refractivity contribution in [3.05, 3.63) is 39.8 Å². The number of nitrogens with one attached hydrogen (secondary N) is 2. The van der Waals surface area contributed by atoms with Crippen molar-refractivity contribution in [2.45, 2.75) is 26.4 Å². The van der Waals surface area contributed by atoms with Crippen LogP contribution in [-0.2, 0) is 12.8 Å². The molecule has 6 nitrogen and oxygen atoms in total. The Kier molecular flexibility index (Phi) is 8.25. The van der Waals surface area contributed by atoms with Gasteiger partial charge in [0.25, 0.3) is 0 Å². The number of alkyl halides is 2. The Morgan fingerprint density at radius 1 is 1.22 bits per heavy atom. The fraction of sp³-hybridized carbons (Fsp3) is 0.444. The van der Waals surface area contributed by atoms with Gasteiger partial charge in [0.1, 0.15) is 0 Å². The number of thiazole rings is 1. The lowest BCUT2D eigenvalue weighted by molar-refractivity contribution is -0.0512. The summed E-state index contributed by atoms with van der Waals surface area (Å²) in [4.78, 5) is 8.59. The summed E-state index contributed by atoms with van der Waals surface area (Å²) in [6, 6.07) is 5.00. The van der Waals surface area contributed by atoms with Gasteiger partial charge >= 0.3 is 6.61 Å². The average molecular weight is 398 g/mol. The second kappa shape index (κ2) is 10.7. The molecule has 2 N–H and O–H groups in total. The summed E-state index contributed by atoms with van der Waals surface area (Å²) in [5.41, 5.74) is 1.91. The molecule has 2 aromatic rings. The molecule has 0 bridgehead atoms. The van der Waals surface area contributed by atoms with Gasteiger partial charge in [0, 0.05) is 31.9 Å². The minimum absolute atomic E-state index is 0.0334. The SMILES string of the molecule is CN=C(NCCc1ccc(OC)c(OC(F)F)c1)NCCc1csc(C)n1. The molecule has 0 saturated heterocycles. The molecule has 0 aliphatic rings. The van der Waals surface area contributed by atoms with Gasteiger partial charge in [-0.05, 0) is 31.0 Å². The van der Waals surface area contributed by atoms with Crippen molar-refractivity contribution in [1.82, 2.24) is 15.6 Å². The Labute approximate surface area is 161 Å². The van der Waals surface area contributed by atoms with E-state index >= 15 is 0 Å². The third kappa shape index (κ3) is 7.01. The minimum atomic E-state index is -2.89. The molecule has 0 aliphatic carbocycles. The average Bonchev–Trinajstić information content (AvgIpc) is 3.05. The molecule has 1 aromatic heterocycles. The summed E-state index contributed by atoms with van der Waals surface area (Å²) in [6.45, 7) is 0.406. The van der Waals surface area contributed by atoms with Crippen LogP contribution < -0.4 is 20.1 Å². The smallest absolute Gasteiger partial charge is 0.387 e. The highest BCUT2D eigenvalue weighted by Gasteiger charge is 2.11. The van der Waals surface area contributed by atoms with Gasteiger partial charge in [-0.1, -0.05) is 6.07 Å². The van der Waals surface area contributed by atoms with Crippen molar-refractivity contribution in [3.63, 3.8) is 0 Å². The van der Waals surface area contributed by atoms with Crippen LogP contribution in [0.2, 0.25) is 0 Å². The number of hydrogen-bond donors (Lipinski definition) is 2. The van der Waals surface area contributed by atoms with Crippen LogP contribution in [0.4, 0.5) is 8.78 Å². The van der Waals surface area contributed by atoms with E-state index in [1.807, 2.05) is 13.0 Å². The van der Waals surface area contributed by atoms with Gasteiger partial charge in [-0.3, -0.25) is 4.99 Å². The lowest BCUT2D eigenvalue weighted by Crippen LogP contribution is -2.39. The predicted octanol–water partition coefficient (Wildman–Crippen LogP) is 3.01. The Morgan fingerprint density at radius 2 is 1.96 bits per heavy atom. The van der Waals surface area contributed by atoms with E-state index in [4.69, 9.17) is 4.74 Å². The van der Waals surface area contributed by atoms with Crippen molar-refractivity contribution in [3.8, 4) is 11.5 Å². The second-order valence-electron chi connectivity index (χ2n) is 5.65. The molecular weight excluding hydrogens is 374 g/mol. The first-order valence-corrected chi connectivity index (χ1v) is 9.37. The van der Waals surface area contributed by atoms with Crippen molar-refractivity contribution >= 4 is 17.3 Å². The number of aromatic nitrogens is 1. The van der Waals surface area contributed by atoms with Crippen molar-refractivity contribution in [2.75, 3.05) is 27.2 Å². The van der Waals surface area contributed by atoms with Crippen LogP contribution in [0, 0.1) is 6.92 Å². The first-order valence-electron chi connectivity index (χ1n) is 8.49. The monoisotopic (exact) mass is 398 g/mol. The first kappa shape index (κ1) is 20.9. The fourth-order valence-electron chi connectivity index (χ4n) is 2.44. The van der Waals surface area contributed by atoms with E-state index in [-0.39, 0.29) is 11.5 Å². The maximum Gasteiger partial charge on any atom is 0.387 e. The number of aliphatic imine (C=N–C) groups is 1.